The van der Waals surface area contributed by atoms with E-state index >= 15 is 0 Å². The van der Waals surface area contributed by atoms with E-state index in [-0.39, 0.29) is 4.90 Å². The van der Waals surface area contributed by atoms with E-state index in [9.17, 15) is 8.42 Å². The van der Waals surface area contributed by atoms with Crippen LogP contribution >= 0.6 is 0 Å². The van der Waals surface area contributed by atoms with E-state index in [0.717, 1.165) is 0 Å². The summed E-state index contributed by atoms with van der Waals surface area (Å²) in [7, 11) is -0.845. The van der Waals surface area contributed by atoms with Gasteiger partial charge in [-0.15, -0.1) is 0 Å². The number of primary sulfonamides is 1. The molecule has 2 aromatic heterocycles. The Bertz CT molecular complexity index is 982. The molecule has 0 aliphatic carbocycles. The number of fused-ring (bicyclic) bond motifs is 1. The third-order valence-electron chi connectivity index (χ3n) is 3.31. The maximum atomic E-state index is 11.5. The fourth-order valence-electron chi connectivity index (χ4n) is 2.23. The second kappa shape index (κ2) is 5.52. The van der Waals surface area contributed by atoms with Crippen molar-refractivity contribution in [2.24, 2.45) is 5.14 Å². The zero-order valence-electron chi connectivity index (χ0n) is 12.4. The highest BCUT2D eigenvalue weighted by Crippen LogP contribution is 2.32. The monoisotopic (exact) mass is 334 g/mol. The van der Waals surface area contributed by atoms with Crippen LogP contribution < -0.4 is 14.6 Å². The molecule has 9 heteroatoms. The van der Waals surface area contributed by atoms with Gasteiger partial charge < -0.3 is 13.9 Å². The van der Waals surface area contributed by atoms with E-state index in [2.05, 4.69) is 9.97 Å². The Morgan fingerprint density at radius 1 is 1.22 bits per heavy atom. The number of imidazole rings is 1. The quantitative estimate of drug-likeness (QED) is 0.764. The van der Waals surface area contributed by atoms with Crippen molar-refractivity contribution in [2.45, 2.75) is 4.90 Å². The van der Waals surface area contributed by atoms with Crippen LogP contribution in [0, 0.1) is 0 Å². The van der Waals surface area contributed by atoms with Gasteiger partial charge >= 0.3 is 0 Å². The van der Waals surface area contributed by atoms with Crippen molar-refractivity contribution in [1.29, 1.82) is 0 Å². The van der Waals surface area contributed by atoms with Gasteiger partial charge in [-0.2, -0.15) is 0 Å². The van der Waals surface area contributed by atoms with E-state index in [0.29, 0.717) is 28.5 Å². The van der Waals surface area contributed by atoms with Crippen molar-refractivity contribution in [3.8, 4) is 22.9 Å². The first kappa shape index (κ1) is 15.3. The first-order valence-corrected chi connectivity index (χ1v) is 8.07. The van der Waals surface area contributed by atoms with Gasteiger partial charge in [0, 0.05) is 30.2 Å². The average molecular weight is 334 g/mol. The van der Waals surface area contributed by atoms with Crippen molar-refractivity contribution < 1.29 is 17.9 Å². The lowest BCUT2D eigenvalue weighted by molar-refractivity contribution is 0.400. The topological polar surface area (TPSA) is 109 Å². The Labute approximate surface area is 132 Å². The lowest BCUT2D eigenvalue weighted by atomic mass is 10.1. The molecule has 3 aromatic rings. The van der Waals surface area contributed by atoms with Gasteiger partial charge in [0.1, 0.15) is 5.75 Å². The molecular formula is C14H14N4O4S. The van der Waals surface area contributed by atoms with Crippen LogP contribution in [0.1, 0.15) is 0 Å². The van der Waals surface area contributed by atoms with E-state index < -0.39 is 10.0 Å². The predicted octanol–water partition coefficient (Wildman–Crippen LogP) is 1.06. The van der Waals surface area contributed by atoms with Crippen molar-refractivity contribution in [3.63, 3.8) is 0 Å². The Balaban J connectivity index is 2.18. The number of nitrogens with two attached hydrogens (primary N) is 1. The maximum absolute atomic E-state index is 11.5. The molecule has 0 saturated heterocycles. The van der Waals surface area contributed by atoms with E-state index in [1.54, 1.807) is 29.1 Å². The molecule has 3 rings (SSSR count). The van der Waals surface area contributed by atoms with Crippen molar-refractivity contribution >= 4 is 15.7 Å². The van der Waals surface area contributed by atoms with E-state index in [1.165, 1.54) is 26.4 Å². The maximum Gasteiger partial charge on any atom is 0.258 e. The Hall–Kier alpha value is -2.65. The molecule has 2 N–H and O–H groups in total. The summed E-state index contributed by atoms with van der Waals surface area (Å²) in [6.07, 6.45) is 5.10. The molecule has 2 heterocycles. The molecule has 120 valence electrons. The normalized spacial score (nSPS) is 11.6. The summed E-state index contributed by atoms with van der Waals surface area (Å²) in [6, 6.07) is 4.37. The molecule has 0 spiro atoms. The minimum Gasteiger partial charge on any atom is -0.496 e. The summed E-state index contributed by atoms with van der Waals surface area (Å²) in [5, 5.41) is 5.14. The van der Waals surface area contributed by atoms with Crippen LogP contribution in [0.4, 0.5) is 0 Å². The number of ether oxygens (including phenoxy) is 2. The van der Waals surface area contributed by atoms with Gasteiger partial charge in [0.2, 0.25) is 15.7 Å². The van der Waals surface area contributed by atoms with Crippen LogP contribution in [0.25, 0.3) is 16.9 Å². The summed E-state index contributed by atoms with van der Waals surface area (Å²) in [4.78, 5) is 8.53. The molecule has 0 bridgehead atoms. The third-order valence-corrected chi connectivity index (χ3v) is 4.22. The standard InChI is InChI=1S/C14H14N4O4S/c1-21-12-7-9(23(15,19)20)3-4-10(12)11-8-18-6-5-16-14(22-2)13(18)17-11/h3-8H,1-2H3,(H2,15,19,20). The highest BCUT2D eigenvalue weighted by Gasteiger charge is 2.16. The second-order valence-electron chi connectivity index (χ2n) is 4.70. The molecule has 1 aromatic carbocycles. The minimum atomic E-state index is -3.81. The van der Waals surface area contributed by atoms with Crippen molar-refractivity contribution in [3.05, 3.63) is 36.8 Å². The lowest BCUT2D eigenvalue weighted by Gasteiger charge is -2.08. The molecule has 0 unspecified atom stereocenters. The fourth-order valence-corrected chi connectivity index (χ4v) is 2.76. The van der Waals surface area contributed by atoms with Crippen LogP contribution in [0.2, 0.25) is 0 Å². The number of aromatic nitrogens is 3. The van der Waals surface area contributed by atoms with E-state index in [1.807, 2.05) is 0 Å². The minimum absolute atomic E-state index is 0.0267. The zero-order chi connectivity index (χ0) is 16.6. The largest absolute Gasteiger partial charge is 0.496 e. The molecule has 23 heavy (non-hydrogen) atoms. The SMILES string of the molecule is COc1cc(S(N)(=O)=O)ccc1-c1cn2ccnc(OC)c2n1. The molecule has 0 fully saturated rings. The van der Waals surface area contributed by atoms with Gasteiger partial charge in [-0.05, 0) is 12.1 Å². The number of nitrogens with zero attached hydrogens (tertiary/aromatic N) is 3. The van der Waals surface area contributed by atoms with E-state index in [4.69, 9.17) is 14.6 Å². The number of rotatable bonds is 4. The predicted molar refractivity (Wildman–Crippen MR) is 82.9 cm³/mol. The third kappa shape index (κ3) is 2.71. The number of hydrogen-bond donors (Lipinski definition) is 1. The lowest BCUT2D eigenvalue weighted by Crippen LogP contribution is -2.12. The molecule has 0 aliphatic heterocycles. The molecule has 8 nitrogen and oxygen atoms in total. The number of benzene rings is 1. The highest BCUT2D eigenvalue weighted by atomic mass is 32.2. The van der Waals surface area contributed by atoms with Crippen LogP contribution in [0.15, 0.2) is 41.7 Å². The second-order valence-corrected chi connectivity index (χ2v) is 6.26. The molecule has 0 saturated carbocycles. The summed E-state index contributed by atoms with van der Waals surface area (Å²) in [5.74, 6) is 0.741. The summed E-state index contributed by atoms with van der Waals surface area (Å²) < 4.78 is 35.1. The van der Waals surface area contributed by atoms with Gasteiger partial charge in [-0.3, -0.25) is 0 Å². The molecule has 0 aliphatic rings. The van der Waals surface area contributed by atoms with Crippen LogP contribution in [0.5, 0.6) is 11.6 Å². The summed E-state index contributed by atoms with van der Waals surface area (Å²) in [6.45, 7) is 0. The van der Waals surface area contributed by atoms with Gasteiger partial charge in [-0.25, -0.2) is 23.5 Å². The number of methoxy groups -OCH3 is 2. The Kier molecular flexibility index (Phi) is 3.66. The number of hydrogen-bond acceptors (Lipinski definition) is 6. The van der Waals surface area contributed by atoms with Gasteiger partial charge in [0.15, 0.2) is 0 Å². The average Bonchev–Trinajstić information content (AvgIpc) is 2.97. The first-order chi connectivity index (χ1) is 10.9. The molecule has 0 atom stereocenters. The molecule has 0 amide bonds. The van der Waals surface area contributed by atoms with Gasteiger partial charge in [0.05, 0.1) is 24.8 Å². The van der Waals surface area contributed by atoms with Crippen molar-refractivity contribution in [1.82, 2.24) is 14.4 Å². The van der Waals surface area contributed by atoms with Crippen LogP contribution in [-0.4, -0.2) is 37.0 Å². The van der Waals surface area contributed by atoms with Gasteiger partial charge in [0.25, 0.3) is 5.88 Å². The molecular weight excluding hydrogens is 320 g/mol. The van der Waals surface area contributed by atoms with Crippen LogP contribution in [0.3, 0.4) is 0 Å². The molecule has 0 radical (unpaired) electrons. The smallest absolute Gasteiger partial charge is 0.258 e. The first-order valence-electron chi connectivity index (χ1n) is 6.53. The van der Waals surface area contributed by atoms with Gasteiger partial charge in [-0.1, -0.05) is 0 Å². The Morgan fingerprint density at radius 2 is 2.00 bits per heavy atom. The van der Waals surface area contributed by atoms with Crippen molar-refractivity contribution in [2.75, 3.05) is 14.2 Å². The Morgan fingerprint density at radius 3 is 2.65 bits per heavy atom. The summed E-state index contributed by atoms with van der Waals surface area (Å²) >= 11 is 0. The van der Waals surface area contributed by atoms with Crippen LogP contribution in [-0.2, 0) is 10.0 Å². The highest BCUT2D eigenvalue weighted by molar-refractivity contribution is 7.89. The number of sulfonamides is 1. The fraction of sp³-hybridized carbons (Fsp3) is 0.143. The zero-order valence-corrected chi connectivity index (χ0v) is 13.2. The summed E-state index contributed by atoms with van der Waals surface area (Å²) in [5.41, 5.74) is 1.77.